The van der Waals surface area contributed by atoms with E-state index >= 15 is 0 Å². The van der Waals surface area contributed by atoms with Crippen LogP contribution in [-0.4, -0.2) is 12.6 Å². The first-order valence-electron chi connectivity index (χ1n) is 8.29. The fourth-order valence-corrected chi connectivity index (χ4v) is 2.98. The molecule has 0 aliphatic heterocycles. The third-order valence-electron chi connectivity index (χ3n) is 4.14. The van der Waals surface area contributed by atoms with E-state index in [1.807, 2.05) is 38.1 Å². The normalized spacial score (nSPS) is 10.8. The summed E-state index contributed by atoms with van der Waals surface area (Å²) in [7, 11) is 0. The molecule has 25 heavy (non-hydrogen) atoms. The maximum atomic E-state index is 13.0. The van der Waals surface area contributed by atoms with Crippen LogP contribution in [0.3, 0.4) is 0 Å². The Bertz CT molecular complexity index is 998. The van der Waals surface area contributed by atoms with E-state index in [0.717, 1.165) is 16.7 Å². The third-order valence-corrected chi connectivity index (χ3v) is 4.14. The highest BCUT2D eigenvalue weighted by atomic mass is 16.5. The number of esters is 1. The second-order valence-corrected chi connectivity index (χ2v) is 6.04. The summed E-state index contributed by atoms with van der Waals surface area (Å²) in [5, 5.41) is 0.468. The Hall–Kier alpha value is -2.88. The van der Waals surface area contributed by atoms with E-state index in [1.165, 1.54) is 0 Å². The number of hydrogen-bond donors (Lipinski definition) is 0. The van der Waals surface area contributed by atoms with Crippen molar-refractivity contribution in [1.82, 2.24) is 0 Å². The third kappa shape index (κ3) is 3.33. The lowest BCUT2D eigenvalue weighted by Gasteiger charge is -2.12. The Morgan fingerprint density at radius 1 is 1.12 bits per heavy atom. The molecule has 0 aliphatic rings. The summed E-state index contributed by atoms with van der Waals surface area (Å²) in [5.41, 5.74) is 3.58. The predicted octanol–water partition coefficient (Wildman–Crippen LogP) is 4.18. The van der Waals surface area contributed by atoms with Crippen LogP contribution in [0.1, 0.15) is 23.6 Å². The Labute approximate surface area is 146 Å². The minimum Gasteiger partial charge on any atom is -0.466 e. The molecule has 2 aromatic carbocycles. The number of para-hydroxylation sites is 1. The van der Waals surface area contributed by atoms with Gasteiger partial charge in [0.1, 0.15) is 11.3 Å². The lowest BCUT2D eigenvalue weighted by Crippen LogP contribution is -2.17. The van der Waals surface area contributed by atoms with Crippen LogP contribution in [0.2, 0.25) is 0 Å². The van der Waals surface area contributed by atoms with Gasteiger partial charge >= 0.3 is 5.97 Å². The zero-order valence-corrected chi connectivity index (χ0v) is 14.6. The molecular weight excluding hydrogens is 316 g/mol. The molecule has 3 rings (SSSR count). The molecule has 0 aliphatic carbocycles. The maximum absolute atomic E-state index is 13.0. The van der Waals surface area contributed by atoms with Crippen LogP contribution >= 0.6 is 0 Å². The lowest BCUT2D eigenvalue weighted by molar-refractivity contribution is -0.142. The molecule has 0 bridgehead atoms. The van der Waals surface area contributed by atoms with E-state index in [2.05, 4.69) is 0 Å². The average Bonchev–Trinajstić information content (AvgIpc) is 2.58. The molecule has 3 aromatic rings. The Morgan fingerprint density at radius 2 is 1.88 bits per heavy atom. The number of ether oxygens (including phenoxy) is 1. The number of carbonyl (C=O) groups is 1. The van der Waals surface area contributed by atoms with Gasteiger partial charge in [-0.25, -0.2) is 0 Å². The van der Waals surface area contributed by atoms with Gasteiger partial charge in [-0.3, -0.25) is 9.59 Å². The average molecular weight is 336 g/mol. The van der Waals surface area contributed by atoms with E-state index < -0.39 is 5.97 Å². The summed E-state index contributed by atoms with van der Waals surface area (Å²) in [6.45, 7) is 5.99. The molecule has 4 heteroatoms. The maximum Gasteiger partial charge on any atom is 0.310 e. The fraction of sp³-hybridized carbons (Fsp3) is 0.238. The van der Waals surface area contributed by atoms with Crippen LogP contribution in [0.4, 0.5) is 0 Å². The minimum absolute atomic E-state index is 0.107. The van der Waals surface area contributed by atoms with Crippen molar-refractivity contribution in [2.75, 3.05) is 6.61 Å². The Balaban J connectivity index is 2.28. The zero-order valence-electron chi connectivity index (χ0n) is 14.6. The van der Waals surface area contributed by atoms with Crippen molar-refractivity contribution in [3.8, 4) is 11.3 Å². The largest absolute Gasteiger partial charge is 0.466 e. The van der Waals surface area contributed by atoms with E-state index in [4.69, 9.17) is 9.15 Å². The second-order valence-electron chi connectivity index (χ2n) is 6.04. The van der Waals surface area contributed by atoms with Crippen molar-refractivity contribution in [2.24, 2.45) is 0 Å². The van der Waals surface area contributed by atoms with Crippen molar-refractivity contribution >= 4 is 16.9 Å². The summed E-state index contributed by atoms with van der Waals surface area (Å²) < 4.78 is 11.1. The van der Waals surface area contributed by atoms with Gasteiger partial charge in [0.05, 0.1) is 24.0 Å². The van der Waals surface area contributed by atoms with Crippen LogP contribution in [0, 0.1) is 13.8 Å². The van der Waals surface area contributed by atoms with Crippen molar-refractivity contribution in [3.05, 3.63) is 69.4 Å². The minimum atomic E-state index is -0.434. The summed E-state index contributed by atoms with van der Waals surface area (Å²) in [6, 6.07) is 13.0. The molecule has 0 radical (unpaired) electrons. The highest BCUT2D eigenvalue weighted by Gasteiger charge is 2.20. The monoisotopic (exact) mass is 336 g/mol. The van der Waals surface area contributed by atoms with Crippen molar-refractivity contribution in [1.29, 1.82) is 0 Å². The summed E-state index contributed by atoms with van der Waals surface area (Å²) in [6.07, 6.45) is -0.107. The molecule has 0 saturated heterocycles. The first-order valence-corrected chi connectivity index (χ1v) is 8.29. The van der Waals surface area contributed by atoms with Crippen LogP contribution in [-0.2, 0) is 16.0 Å². The van der Waals surface area contributed by atoms with Crippen LogP contribution in [0.15, 0.2) is 51.7 Å². The Morgan fingerprint density at radius 3 is 2.60 bits per heavy atom. The molecule has 0 N–H and O–H groups in total. The predicted molar refractivity (Wildman–Crippen MR) is 97.7 cm³/mol. The molecular formula is C21H20O4. The number of rotatable bonds is 4. The van der Waals surface area contributed by atoms with Gasteiger partial charge in [-0.15, -0.1) is 0 Å². The Kier molecular flexibility index (Phi) is 4.70. The molecule has 4 nitrogen and oxygen atoms in total. The molecule has 0 atom stereocenters. The van der Waals surface area contributed by atoms with Crippen molar-refractivity contribution in [2.45, 2.75) is 27.2 Å². The second kappa shape index (κ2) is 6.93. The highest BCUT2D eigenvalue weighted by Crippen LogP contribution is 2.29. The standard InChI is InChI=1S/C21H20O4/c1-4-24-19(22)12-17-20(23)16-7-5-6-8-18(16)25-21(17)15-10-9-13(2)11-14(15)3/h5-11H,4,12H2,1-3H3. The van der Waals surface area contributed by atoms with E-state index in [9.17, 15) is 9.59 Å². The van der Waals surface area contributed by atoms with Crippen LogP contribution < -0.4 is 5.43 Å². The van der Waals surface area contributed by atoms with Gasteiger partial charge in [-0.05, 0) is 38.5 Å². The topological polar surface area (TPSA) is 56.5 Å². The van der Waals surface area contributed by atoms with Crippen LogP contribution in [0.5, 0.6) is 0 Å². The molecule has 1 aromatic heterocycles. The molecule has 0 fully saturated rings. The molecule has 0 spiro atoms. The van der Waals surface area contributed by atoms with Gasteiger partial charge in [-0.1, -0.05) is 35.9 Å². The van der Waals surface area contributed by atoms with E-state index in [-0.39, 0.29) is 18.5 Å². The number of hydrogen-bond acceptors (Lipinski definition) is 4. The van der Waals surface area contributed by atoms with E-state index in [0.29, 0.717) is 22.3 Å². The summed E-state index contributed by atoms with van der Waals surface area (Å²) >= 11 is 0. The number of fused-ring (bicyclic) bond motifs is 1. The van der Waals surface area contributed by atoms with Gasteiger partial charge in [0.25, 0.3) is 0 Å². The van der Waals surface area contributed by atoms with Crippen molar-refractivity contribution < 1.29 is 13.9 Å². The van der Waals surface area contributed by atoms with Gasteiger partial charge < -0.3 is 9.15 Å². The molecule has 0 amide bonds. The lowest BCUT2D eigenvalue weighted by atomic mass is 9.98. The van der Waals surface area contributed by atoms with Crippen molar-refractivity contribution in [3.63, 3.8) is 0 Å². The molecule has 0 saturated carbocycles. The molecule has 0 unspecified atom stereocenters. The quantitative estimate of drug-likeness (QED) is 0.671. The SMILES string of the molecule is CCOC(=O)Cc1c(-c2ccc(C)cc2C)oc2ccccc2c1=O. The van der Waals surface area contributed by atoms with Gasteiger partial charge in [0.2, 0.25) is 0 Å². The molecule has 128 valence electrons. The van der Waals surface area contributed by atoms with E-state index in [1.54, 1.807) is 25.1 Å². The summed E-state index contributed by atoms with van der Waals surface area (Å²) in [4.78, 5) is 25.0. The van der Waals surface area contributed by atoms with Gasteiger partial charge in [0, 0.05) is 5.56 Å². The number of benzene rings is 2. The van der Waals surface area contributed by atoms with Crippen LogP contribution in [0.25, 0.3) is 22.3 Å². The smallest absolute Gasteiger partial charge is 0.310 e. The first kappa shape index (κ1) is 17.0. The number of aryl methyl sites for hydroxylation is 2. The highest BCUT2D eigenvalue weighted by molar-refractivity contribution is 5.84. The fourth-order valence-electron chi connectivity index (χ4n) is 2.98. The number of carbonyl (C=O) groups excluding carboxylic acids is 1. The van der Waals surface area contributed by atoms with Gasteiger partial charge in [-0.2, -0.15) is 0 Å². The van der Waals surface area contributed by atoms with Gasteiger partial charge in [0.15, 0.2) is 5.43 Å². The first-order chi connectivity index (χ1) is 12.0. The zero-order chi connectivity index (χ0) is 18.0. The summed E-state index contributed by atoms with van der Waals surface area (Å²) in [5.74, 6) is 0.00495. The molecule has 1 heterocycles.